The molecule has 1 aliphatic rings. The predicted molar refractivity (Wildman–Crippen MR) is 96.3 cm³/mol. The molecule has 1 atom stereocenters. The van der Waals surface area contributed by atoms with Crippen LogP contribution in [-0.4, -0.2) is 18.2 Å². The van der Waals surface area contributed by atoms with Gasteiger partial charge in [0.25, 0.3) is 0 Å². The van der Waals surface area contributed by atoms with Crippen molar-refractivity contribution in [2.45, 2.75) is 21.5 Å². The maximum Gasteiger partial charge on any atom is 0.119 e. The number of hydrogen-bond donors (Lipinski definition) is 0. The van der Waals surface area contributed by atoms with Gasteiger partial charge in [0.2, 0.25) is 0 Å². The zero-order chi connectivity index (χ0) is 14.7. The van der Waals surface area contributed by atoms with Gasteiger partial charge < -0.3 is 4.74 Å². The summed E-state index contributed by atoms with van der Waals surface area (Å²) in [6.07, 6.45) is 1.08. The second-order valence-electron chi connectivity index (χ2n) is 4.87. The summed E-state index contributed by atoms with van der Waals surface area (Å²) in [5.74, 6) is 2.07. The summed E-state index contributed by atoms with van der Waals surface area (Å²) in [4.78, 5) is 2.73. The third kappa shape index (κ3) is 3.43. The minimum absolute atomic E-state index is 0.490. The van der Waals surface area contributed by atoms with Crippen molar-refractivity contribution in [1.82, 2.24) is 0 Å². The van der Waals surface area contributed by atoms with Crippen LogP contribution in [0.15, 0.2) is 52.3 Å². The lowest BCUT2D eigenvalue weighted by molar-refractivity contribution is 0.414. The van der Waals surface area contributed by atoms with E-state index >= 15 is 0 Å². The fourth-order valence-corrected chi connectivity index (χ4v) is 5.34. The first kappa shape index (κ1) is 15.3. The Bertz CT molecular complexity index is 630. The highest BCUT2D eigenvalue weighted by Gasteiger charge is 2.23. The van der Waals surface area contributed by atoms with Crippen LogP contribution in [0.25, 0.3) is 0 Å². The largest absolute Gasteiger partial charge is 0.497 e. The molecule has 1 aliphatic heterocycles. The number of ether oxygens (including phenoxy) is 1. The minimum Gasteiger partial charge on any atom is -0.497 e. The number of alkyl halides is 1. The Morgan fingerprint density at radius 1 is 1.24 bits per heavy atom. The van der Waals surface area contributed by atoms with Crippen LogP contribution in [-0.2, 0) is 6.42 Å². The maximum absolute atomic E-state index is 5.42. The molecule has 0 bridgehead atoms. The van der Waals surface area contributed by atoms with Crippen LogP contribution >= 0.6 is 39.5 Å². The van der Waals surface area contributed by atoms with Gasteiger partial charge in [-0.1, -0.05) is 45.9 Å². The summed E-state index contributed by atoms with van der Waals surface area (Å²) in [5.41, 5.74) is 2.85. The third-order valence-corrected chi connectivity index (χ3v) is 6.95. The first-order chi connectivity index (χ1) is 10.3. The third-order valence-electron chi connectivity index (χ3n) is 3.56. The van der Waals surface area contributed by atoms with Gasteiger partial charge in [0.1, 0.15) is 5.75 Å². The number of methoxy groups -OCH3 is 1. The van der Waals surface area contributed by atoms with Gasteiger partial charge in [-0.2, -0.15) is 11.8 Å². The van der Waals surface area contributed by atoms with Crippen LogP contribution in [0.1, 0.15) is 16.4 Å². The zero-order valence-corrected chi connectivity index (χ0v) is 15.1. The molecule has 0 aromatic heterocycles. The molecule has 0 N–H and O–H groups in total. The highest BCUT2D eigenvalue weighted by molar-refractivity contribution is 9.09. The van der Waals surface area contributed by atoms with Crippen LogP contribution in [0, 0.1) is 0 Å². The summed E-state index contributed by atoms with van der Waals surface area (Å²) < 4.78 is 5.42. The normalized spacial score (nSPS) is 16.8. The summed E-state index contributed by atoms with van der Waals surface area (Å²) in [5, 5.41) is 1.52. The maximum atomic E-state index is 5.42. The molecule has 3 rings (SSSR count). The van der Waals surface area contributed by atoms with Crippen molar-refractivity contribution in [2.75, 3.05) is 18.2 Å². The number of rotatable bonds is 4. The zero-order valence-electron chi connectivity index (χ0n) is 11.8. The Labute approximate surface area is 143 Å². The van der Waals surface area contributed by atoms with E-state index in [0.717, 1.165) is 23.3 Å². The van der Waals surface area contributed by atoms with Gasteiger partial charge in [-0.3, -0.25) is 0 Å². The molecular formula is C17H17BrOS2. The first-order valence-electron chi connectivity index (χ1n) is 6.93. The van der Waals surface area contributed by atoms with Crippen LogP contribution in [0.5, 0.6) is 5.75 Å². The van der Waals surface area contributed by atoms with Crippen LogP contribution in [0.4, 0.5) is 0 Å². The number of halogens is 1. The van der Waals surface area contributed by atoms with E-state index in [1.165, 1.54) is 20.9 Å². The van der Waals surface area contributed by atoms with Crippen molar-refractivity contribution in [3.8, 4) is 5.75 Å². The van der Waals surface area contributed by atoms with Gasteiger partial charge in [-0.25, -0.2) is 0 Å². The SMILES string of the molecule is COc1ccc2c(c1)[C@H](SCCBr)Cc1ccccc1S2. The van der Waals surface area contributed by atoms with Crippen LogP contribution in [0.3, 0.4) is 0 Å². The van der Waals surface area contributed by atoms with Gasteiger partial charge in [0, 0.05) is 26.1 Å². The smallest absolute Gasteiger partial charge is 0.119 e. The highest BCUT2D eigenvalue weighted by atomic mass is 79.9. The van der Waals surface area contributed by atoms with Crippen molar-refractivity contribution in [2.24, 2.45) is 0 Å². The molecule has 0 radical (unpaired) electrons. The molecule has 4 heteroatoms. The van der Waals surface area contributed by atoms with E-state index in [1.807, 2.05) is 23.5 Å². The molecule has 0 amide bonds. The molecule has 1 nitrogen and oxygen atoms in total. The topological polar surface area (TPSA) is 9.23 Å². The van der Waals surface area contributed by atoms with E-state index in [1.54, 1.807) is 7.11 Å². The Kier molecular flexibility index (Phi) is 5.19. The van der Waals surface area contributed by atoms with Gasteiger partial charge >= 0.3 is 0 Å². The fourth-order valence-electron chi connectivity index (χ4n) is 2.53. The van der Waals surface area contributed by atoms with Crippen molar-refractivity contribution < 1.29 is 4.74 Å². The molecule has 0 saturated heterocycles. The molecule has 110 valence electrons. The van der Waals surface area contributed by atoms with E-state index < -0.39 is 0 Å². The average molecular weight is 381 g/mol. The van der Waals surface area contributed by atoms with E-state index in [4.69, 9.17) is 4.74 Å². The lowest BCUT2D eigenvalue weighted by Gasteiger charge is -2.17. The van der Waals surface area contributed by atoms with E-state index in [-0.39, 0.29) is 0 Å². The summed E-state index contributed by atoms with van der Waals surface area (Å²) >= 11 is 7.44. The molecule has 0 unspecified atom stereocenters. The van der Waals surface area contributed by atoms with E-state index in [2.05, 4.69) is 58.4 Å². The van der Waals surface area contributed by atoms with Crippen molar-refractivity contribution in [3.05, 3.63) is 53.6 Å². The molecule has 0 saturated carbocycles. The molecule has 1 heterocycles. The second-order valence-corrected chi connectivity index (χ2v) is 8.05. The molecule has 0 spiro atoms. The van der Waals surface area contributed by atoms with E-state index in [9.17, 15) is 0 Å². The Balaban J connectivity index is 2.03. The molecule has 2 aromatic rings. The number of fused-ring (bicyclic) bond motifs is 2. The van der Waals surface area contributed by atoms with Gasteiger partial charge in [0.15, 0.2) is 0 Å². The average Bonchev–Trinajstić information content (AvgIpc) is 2.68. The first-order valence-corrected chi connectivity index (χ1v) is 9.91. The summed E-state index contributed by atoms with van der Waals surface area (Å²) in [7, 11) is 1.74. The molecule has 0 aliphatic carbocycles. The minimum atomic E-state index is 0.490. The molecule has 21 heavy (non-hydrogen) atoms. The number of thioether (sulfide) groups is 1. The molecule has 2 aromatic carbocycles. The lowest BCUT2D eigenvalue weighted by Crippen LogP contribution is -2.01. The molecular weight excluding hydrogens is 364 g/mol. The fraction of sp³-hybridized carbons (Fsp3) is 0.294. The Morgan fingerprint density at radius 3 is 2.90 bits per heavy atom. The lowest BCUT2D eigenvalue weighted by atomic mass is 10.0. The van der Waals surface area contributed by atoms with Crippen molar-refractivity contribution >= 4 is 39.5 Å². The number of hydrogen-bond acceptors (Lipinski definition) is 3. The Hall–Kier alpha value is -0.580. The monoisotopic (exact) mass is 380 g/mol. The van der Waals surface area contributed by atoms with Gasteiger partial charge in [-0.05, 0) is 41.8 Å². The van der Waals surface area contributed by atoms with E-state index in [0.29, 0.717) is 5.25 Å². The summed E-state index contributed by atoms with van der Waals surface area (Å²) in [6.45, 7) is 0. The van der Waals surface area contributed by atoms with Gasteiger partial charge in [-0.15, -0.1) is 0 Å². The quantitative estimate of drug-likeness (QED) is 0.641. The molecule has 0 fully saturated rings. The highest BCUT2D eigenvalue weighted by Crippen LogP contribution is 2.46. The van der Waals surface area contributed by atoms with Gasteiger partial charge in [0.05, 0.1) is 7.11 Å². The predicted octanol–water partition coefficient (Wildman–Crippen LogP) is 5.57. The standard InChI is InChI=1S/C17H17BrOS2/c1-19-13-6-7-16-14(11-13)17(20-9-8-18)10-12-4-2-3-5-15(12)21-16/h2-7,11,17H,8-10H2,1H3/t17-/m1/s1. The second kappa shape index (κ2) is 7.12. The van der Waals surface area contributed by atoms with Crippen LogP contribution < -0.4 is 4.74 Å². The number of benzene rings is 2. The summed E-state index contributed by atoms with van der Waals surface area (Å²) in [6, 6.07) is 15.2. The van der Waals surface area contributed by atoms with Crippen molar-refractivity contribution in [1.29, 1.82) is 0 Å². The Morgan fingerprint density at radius 2 is 2.10 bits per heavy atom. The van der Waals surface area contributed by atoms with Crippen molar-refractivity contribution in [3.63, 3.8) is 0 Å². The van der Waals surface area contributed by atoms with Crippen LogP contribution in [0.2, 0.25) is 0 Å².